The predicted molar refractivity (Wildman–Crippen MR) is 67.7 cm³/mol. The van der Waals surface area contributed by atoms with Crippen molar-refractivity contribution in [1.82, 2.24) is 0 Å². The molecule has 0 aliphatic heterocycles. The molecule has 0 saturated heterocycles. The molecule has 0 bridgehead atoms. The smallest absolute Gasteiger partial charge is 0.146 e. The Kier molecular flexibility index (Phi) is 4.09. The molecule has 0 unspecified atom stereocenters. The average molecular weight is 291 g/mol. The summed E-state index contributed by atoms with van der Waals surface area (Å²) in [5.74, 6) is 0.815. The van der Waals surface area contributed by atoms with Crippen molar-refractivity contribution >= 4 is 27.7 Å². The normalized spacial score (nSPS) is 11.6. The van der Waals surface area contributed by atoms with Gasteiger partial charge in [-0.1, -0.05) is 0 Å². The van der Waals surface area contributed by atoms with Gasteiger partial charge in [0.2, 0.25) is 0 Å². The Balaban J connectivity index is 3.32. The summed E-state index contributed by atoms with van der Waals surface area (Å²) in [4.78, 5) is 1.02. The zero-order chi connectivity index (χ0) is 11.6. The molecule has 0 aliphatic carbocycles. The highest BCUT2D eigenvalue weighted by atomic mass is 79.9. The van der Waals surface area contributed by atoms with Crippen LogP contribution in [-0.2, 0) is 5.60 Å². The number of hydrogen-bond acceptors (Lipinski definition) is 3. The van der Waals surface area contributed by atoms with Crippen molar-refractivity contribution in [3.63, 3.8) is 0 Å². The first-order valence-corrected chi connectivity index (χ1v) is 6.56. The summed E-state index contributed by atoms with van der Waals surface area (Å²) in [7, 11) is 1.64. The van der Waals surface area contributed by atoms with Crippen LogP contribution in [0.3, 0.4) is 0 Å². The maximum atomic E-state index is 9.93. The van der Waals surface area contributed by atoms with Gasteiger partial charge in [0.25, 0.3) is 0 Å². The van der Waals surface area contributed by atoms with Gasteiger partial charge in [0.05, 0.1) is 22.1 Å². The fourth-order valence-corrected chi connectivity index (χ4v) is 2.65. The van der Waals surface area contributed by atoms with E-state index >= 15 is 0 Å². The number of aliphatic hydroxyl groups is 1. The number of methoxy groups -OCH3 is 1. The highest BCUT2D eigenvalue weighted by Gasteiger charge is 2.19. The Bertz CT molecular complexity index is 358. The van der Waals surface area contributed by atoms with Crippen molar-refractivity contribution in [1.29, 1.82) is 0 Å². The van der Waals surface area contributed by atoms with E-state index in [9.17, 15) is 5.11 Å². The zero-order valence-electron chi connectivity index (χ0n) is 9.30. The third-order valence-corrected chi connectivity index (χ3v) is 3.47. The van der Waals surface area contributed by atoms with E-state index in [4.69, 9.17) is 4.74 Å². The lowest BCUT2D eigenvalue weighted by Crippen LogP contribution is -2.15. The maximum absolute atomic E-state index is 9.93. The summed E-state index contributed by atoms with van der Waals surface area (Å²) in [5, 5.41) is 9.93. The molecule has 0 radical (unpaired) electrons. The van der Waals surface area contributed by atoms with Crippen LogP contribution in [0.4, 0.5) is 0 Å². The van der Waals surface area contributed by atoms with Gasteiger partial charge >= 0.3 is 0 Å². The molecule has 1 aromatic carbocycles. The topological polar surface area (TPSA) is 29.5 Å². The Morgan fingerprint density at radius 3 is 2.40 bits per heavy atom. The minimum absolute atomic E-state index is 0.815. The second kappa shape index (κ2) is 4.76. The van der Waals surface area contributed by atoms with Crippen LogP contribution in [0.1, 0.15) is 19.4 Å². The molecule has 0 amide bonds. The van der Waals surface area contributed by atoms with Gasteiger partial charge in [-0.05, 0) is 53.7 Å². The molecule has 0 atom stereocenters. The van der Waals surface area contributed by atoms with Crippen molar-refractivity contribution in [3.8, 4) is 5.75 Å². The molecule has 1 aromatic rings. The van der Waals surface area contributed by atoms with Crippen molar-refractivity contribution in [3.05, 3.63) is 22.2 Å². The molecular weight excluding hydrogens is 276 g/mol. The van der Waals surface area contributed by atoms with Gasteiger partial charge in [-0.2, -0.15) is 0 Å². The van der Waals surface area contributed by atoms with Crippen LogP contribution in [0.5, 0.6) is 5.75 Å². The summed E-state index contributed by atoms with van der Waals surface area (Å²) >= 11 is 5.04. The van der Waals surface area contributed by atoms with Crippen LogP contribution >= 0.6 is 27.7 Å². The largest absolute Gasteiger partial charge is 0.494 e. The summed E-state index contributed by atoms with van der Waals surface area (Å²) in [6.07, 6.45) is 1.98. The molecule has 0 saturated carbocycles. The lowest BCUT2D eigenvalue weighted by atomic mass is 9.98. The van der Waals surface area contributed by atoms with E-state index in [2.05, 4.69) is 15.9 Å². The van der Waals surface area contributed by atoms with Gasteiger partial charge in [-0.25, -0.2) is 0 Å². The molecule has 0 heterocycles. The molecular formula is C11H15BrO2S. The van der Waals surface area contributed by atoms with E-state index < -0.39 is 5.60 Å². The zero-order valence-corrected chi connectivity index (χ0v) is 11.7. The van der Waals surface area contributed by atoms with Crippen LogP contribution < -0.4 is 4.74 Å². The summed E-state index contributed by atoms with van der Waals surface area (Å²) < 4.78 is 6.15. The van der Waals surface area contributed by atoms with Crippen molar-refractivity contribution in [2.45, 2.75) is 24.3 Å². The second-order valence-electron chi connectivity index (χ2n) is 3.75. The Morgan fingerprint density at radius 2 is 2.00 bits per heavy atom. The van der Waals surface area contributed by atoms with Crippen LogP contribution in [0.25, 0.3) is 0 Å². The molecule has 2 nitrogen and oxygen atoms in total. The molecule has 0 fully saturated rings. The first-order chi connectivity index (χ1) is 6.90. The Labute approximate surface area is 103 Å². The van der Waals surface area contributed by atoms with E-state index in [0.717, 1.165) is 20.7 Å². The van der Waals surface area contributed by atoms with Crippen molar-refractivity contribution < 1.29 is 9.84 Å². The SMILES string of the molecule is COc1c(Br)cc(C(C)(C)O)cc1SC. The highest BCUT2D eigenvalue weighted by molar-refractivity contribution is 9.10. The molecule has 0 spiro atoms. The minimum atomic E-state index is -0.834. The number of halogens is 1. The summed E-state index contributed by atoms with van der Waals surface area (Å²) in [5.41, 5.74) is 0.0405. The van der Waals surface area contributed by atoms with Crippen LogP contribution in [0, 0.1) is 0 Å². The molecule has 0 aliphatic rings. The Hall–Kier alpha value is -0.190. The summed E-state index contributed by atoms with van der Waals surface area (Å²) in [6.45, 7) is 3.54. The van der Waals surface area contributed by atoms with E-state index in [1.54, 1.807) is 32.7 Å². The van der Waals surface area contributed by atoms with Crippen LogP contribution in [0.2, 0.25) is 0 Å². The quantitative estimate of drug-likeness (QED) is 0.865. The molecule has 15 heavy (non-hydrogen) atoms. The molecule has 4 heteroatoms. The van der Waals surface area contributed by atoms with E-state index in [0.29, 0.717) is 0 Å². The standard InChI is InChI=1S/C11H15BrO2S/c1-11(2,13)7-5-8(12)10(14-3)9(6-7)15-4/h5-6,13H,1-4H3. The lowest BCUT2D eigenvalue weighted by molar-refractivity contribution is 0.0782. The van der Waals surface area contributed by atoms with Gasteiger partial charge in [0.1, 0.15) is 5.75 Å². The second-order valence-corrected chi connectivity index (χ2v) is 5.46. The van der Waals surface area contributed by atoms with Crippen LogP contribution in [-0.4, -0.2) is 18.5 Å². The number of thioether (sulfide) groups is 1. The Morgan fingerprint density at radius 1 is 1.40 bits per heavy atom. The van der Waals surface area contributed by atoms with E-state index in [1.807, 2.05) is 18.4 Å². The van der Waals surface area contributed by atoms with Gasteiger partial charge in [0.15, 0.2) is 0 Å². The van der Waals surface area contributed by atoms with Crippen LogP contribution in [0.15, 0.2) is 21.5 Å². The third kappa shape index (κ3) is 2.89. The van der Waals surface area contributed by atoms with Crippen molar-refractivity contribution in [2.24, 2.45) is 0 Å². The number of hydrogen-bond donors (Lipinski definition) is 1. The third-order valence-electron chi connectivity index (χ3n) is 2.14. The number of rotatable bonds is 3. The molecule has 1 rings (SSSR count). The van der Waals surface area contributed by atoms with Gasteiger partial charge < -0.3 is 9.84 Å². The fourth-order valence-electron chi connectivity index (χ4n) is 1.27. The first kappa shape index (κ1) is 12.9. The van der Waals surface area contributed by atoms with Gasteiger partial charge in [-0.15, -0.1) is 11.8 Å². The summed E-state index contributed by atoms with van der Waals surface area (Å²) in [6, 6.07) is 3.84. The minimum Gasteiger partial charge on any atom is -0.494 e. The molecule has 1 N–H and O–H groups in total. The molecule has 0 aromatic heterocycles. The van der Waals surface area contributed by atoms with E-state index in [1.165, 1.54) is 0 Å². The average Bonchev–Trinajstić information content (AvgIpc) is 2.15. The number of ether oxygens (including phenoxy) is 1. The van der Waals surface area contributed by atoms with Crippen molar-refractivity contribution in [2.75, 3.05) is 13.4 Å². The highest BCUT2D eigenvalue weighted by Crippen LogP contribution is 2.38. The van der Waals surface area contributed by atoms with E-state index in [-0.39, 0.29) is 0 Å². The predicted octanol–water partition coefficient (Wildman–Crippen LogP) is 3.41. The van der Waals surface area contributed by atoms with Gasteiger partial charge in [0, 0.05) is 0 Å². The van der Waals surface area contributed by atoms with Gasteiger partial charge in [-0.3, -0.25) is 0 Å². The maximum Gasteiger partial charge on any atom is 0.146 e. The lowest BCUT2D eigenvalue weighted by Gasteiger charge is -2.20. The number of benzene rings is 1. The monoisotopic (exact) mass is 290 g/mol. The molecule has 84 valence electrons. The fraction of sp³-hybridized carbons (Fsp3) is 0.455. The first-order valence-electron chi connectivity index (χ1n) is 4.54.